The Morgan fingerprint density at radius 2 is 1.56 bits per heavy atom. The molecule has 4 atom stereocenters. The number of carbonyl (C=O) groups is 2. The molecule has 2 aliphatic rings. The van der Waals surface area contributed by atoms with E-state index in [0.717, 1.165) is 11.1 Å². The zero-order chi connectivity index (χ0) is 23.0. The van der Waals surface area contributed by atoms with E-state index < -0.39 is 34.4 Å². The molecule has 1 aliphatic carbocycles. The molecule has 0 unspecified atom stereocenters. The van der Waals surface area contributed by atoms with Crippen molar-refractivity contribution in [3.05, 3.63) is 71.8 Å². The lowest BCUT2D eigenvalue weighted by molar-refractivity contribution is -0.200. The quantitative estimate of drug-likeness (QED) is 0.637. The average molecular weight is 436 g/mol. The molecule has 6 heteroatoms. The summed E-state index contributed by atoms with van der Waals surface area (Å²) in [5, 5.41) is 0. The monoisotopic (exact) mass is 435 g/mol. The topological polar surface area (TPSA) is 74.2 Å². The number of hydrogen-bond acceptors (Lipinski definition) is 6. The maximum absolute atomic E-state index is 13.7. The van der Waals surface area contributed by atoms with Gasteiger partial charge in [-0.05, 0) is 31.4 Å². The fraction of sp³-hybridized carbons (Fsp3) is 0.423. The van der Waals surface area contributed by atoms with Crippen molar-refractivity contribution in [2.75, 3.05) is 13.2 Å². The van der Waals surface area contributed by atoms with Crippen molar-refractivity contribution in [1.82, 2.24) is 0 Å². The first-order valence-corrected chi connectivity index (χ1v) is 11.1. The van der Waals surface area contributed by atoms with Crippen LogP contribution in [0.5, 0.6) is 0 Å². The van der Waals surface area contributed by atoms with Crippen LogP contribution in [0.15, 0.2) is 65.7 Å². The molecule has 2 aromatic carbocycles. The van der Waals surface area contributed by atoms with E-state index in [9.17, 15) is 9.59 Å². The Hall–Kier alpha value is -3.15. The molecule has 0 amide bonds. The maximum Gasteiger partial charge on any atom is 0.319 e. The number of rotatable bonds is 6. The predicted octanol–water partition coefficient (Wildman–Crippen LogP) is 4.17. The van der Waals surface area contributed by atoms with Crippen LogP contribution in [0.1, 0.15) is 45.2 Å². The van der Waals surface area contributed by atoms with E-state index in [4.69, 9.17) is 19.2 Å². The van der Waals surface area contributed by atoms with E-state index in [1.54, 1.807) is 6.92 Å². The van der Waals surface area contributed by atoms with E-state index >= 15 is 0 Å². The van der Waals surface area contributed by atoms with E-state index in [0.29, 0.717) is 13.0 Å². The largest absolute Gasteiger partial charge is 0.479 e. The molecule has 1 aliphatic heterocycles. The minimum absolute atomic E-state index is 0.213. The van der Waals surface area contributed by atoms with E-state index in [2.05, 4.69) is 19.1 Å². The molecule has 0 saturated heterocycles. The molecule has 0 bridgehead atoms. The summed E-state index contributed by atoms with van der Waals surface area (Å²) >= 11 is 0. The van der Waals surface area contributed by atoms with Crippen molar-refractivity contribution in [3.63, 3.8) is 0 Å². The molecule has 1 fully saturated rings. The second-order valence-corrected chi connectivity index (χ2v) is 8.52. The molecule has 32 heavy (non-hydrogen) atoms. The number of ether oxygens (including phenoxy) is 3. The number of benzene rings is 2. The fourth-order valence-electron chi connectivity index (χ4n) is 5.74. The molecule has 4 rings (SSSR count). The third-order valence-corrected chi connectivity index (χ3v) is 6.84. The van der Waals surface area contributed by atoms with Crippen molar-refractivity contribution in [2.45, 2.75) is 51.2 Å². The lowest BCUT2D eigenvalue weighted by Crippen LogP contribution is -2.74. The van der Waals surface area contributed by atoms with E-state index in [-0.39, 0.29) is 12.5 Å². The molecular weight excluding hydrogens is 406 g/mol. The van der Waals surface area contributed by atoms with Gasteiger partial charge in [0.2, 0.25) is 5.90 Å². The summed E-state index contributed by atoms with van der Waals surface area (Å²) in [6.07, 6.45) is -0.563. The minimum Gasteiger partial charge on any atom is -0.479 e. The van der Waals surface area contributed by atoms with Gasteiger partial charge in [-0.15, -0.1) is 0 Å². The highest BCUT2D eigenvalue weighted by atomic mass is 16.6. The summed E-state index contributed by atoms with van der Waals surface area (Å²) in [5.41, 5.74) is -0.936. The highest BCUT2D eigenvalue weighted by molar-refractivity contribution is 5.99. The van der Waals surface area contributed by atoms with Gasteiger partial charge in [0.1, 0.15) is 11.0 Å². The van der Waals surface area contributed by atoms with Crippen LogP contribution in [0.4, 0.5) is 0 Å². The number of fused-ring (bicyclic) bond motifs is 1. The summed E-state index contributed by atoms with van der Waals surface area (Å²) in [6, 6.07) is 19.8. The van der Waals surface area contributed by atoms with Crippen LogP contribution in [0.25, 0.3) is 0 Å². The van der Waals surface area contributed by atoms with Gasteiger partial charge >= 0.3 is 11.9 Å². The minimum atomic E-state index is -1.23. The standard InChI is InChI=1S/C26H29NO5/c1-5-30-22-21(32-18(3)28)25(23(29)31-6-2)17-24(4,19-13-9-7-10-14-19)26(25,27-22)20-15-11-8-12-16-20/h7-16,21H,5-6,17H2,1-4H3/t21-,24+,25+,26+/m0/s1. The van der Waals surface area contributed by atoms with E-state index in [1.807, 2.05) is 55.5 Å². The van der Waals surface area contributed by atoms with Gasteiger partial charge in [-0.2, -0.15) is 0 Å². The van der Waals surface area contributed by atoms with Crippen molar-refractivity contribution in [1.29, 1.82) is 0 Å². The summed E-state index contributed by atoms with van der Waals surface area (Å²) in [7, 11) is 0. The Bertz CT molecular complexity index is 1040. The predicted molar refractivity (Wildman–Crippen MR) is 120 cm³/mol. The smallest absolute Gasteiger partial charge is 0.319 e. The molecule has 0 radical (unpaired) electrons. The van der Waals surface area contributed by atoms with Crippen LogP contribution < -0.4 is 0 Å². The van der Waals surface area contributed by atoms with Gasteiger partial charge in [0.15, 0.2) is 6.10 Å². The SMILES string of the molecule is CCOC(=O)[C@]12C[C@](C)(c3ccccc3)[C@@]1(c1ccccc1)N=C(OCC)[C@@H]2OC(C)=O. The average Bonchev–Trinajstić information content (AvgIpc) is 3.01. The lowest BCUT2D eigenvalue weighted by atomic mass is 9.37. The maximum atomic E-state index is 13.7. The summed E-state index contributed by atoms with van der Waals surface area (Å²) in [5.74, 6) is -0.663. The molecular formula is C26H29NO5. The van der Waals surface area contributed by atoms with Gasteiger partial charge in [0, 0.05) is 12.3 Å². The molecule has 0 N–H and O–H groups in total. The highest BCUT2D eigenvalue weighted by Crippen LogP contribution is 2.74. The summed E-state index contributed by atoms with van der Waals surface area (Å²) < 4.78 is 17.3. The second-order valence-electron chi connectivity index (χ2n) is 8.52. The Labute approximate surface area is 188 Å². The number of carbonyl (C=O) groups excluding carboxylic acids is 2. The Kier molecular flexibility index (Phi) is 5.57. The zero-order valence-corrected chi connectivity index (χ0v) is 19.0. The zero-order valence-electron chi connectivity index (χ0n) is 19.0. The third-order valence-electron chi connectivity index (χ3n) is 6.84. The third kappa shape index (κ3) is 2.81. The van der Waals surface area contributed by atoms with Crippen molar-refractivity contribution in [2.24, 2.45) is 10.4 Å². The van der Waals surface area contributed by atoms with Crippen LogP contribution in [0.3, 0.4) is 0 Å². The summed E-state index contributed by atoms with van der Waals surface area (Å²) in [4.78, 5) is 31.0. The van der Waals surface area contributed by atoms with Crippen LogP contribution in [0.2, 0.25) is 0 Å². The van der Waals surface area contributed by atoms with Crippen molar-refractivity contribution < 1.29 is 23.8 Å². The van der Waals surface area contributed by atoms with E-state index in [1.165, 1.54) is 6.92 Å². The molecule has 0 aromatic heterocycles. The highest BCUT2D eigenvalue weighted by Gasteiger charge is 2.84. The number of aliphatic imine (C=N–C) groups is 1. The normalized spacial score (nSPS) is 30.5. The molecule has 1 saturated carbocycles. The van der Waals surface area contributed by atoms with Crippen molar-refractivity contribution >= 4 is 17.8 Å². The van der Waals surface area contributed by atoms with Gasteiger partial charge in [0.25, 0.3) is 0 Å². The fourth-order valence-corrected chi connectivity index (χ4v) is 5.74. The first-order valence-electron chi connectivity index (χ1n) is 11.1. The lowest BCUT2D eigenvalue weighted by Gasteiger charge is -2.64. The van der Waals surface area contributed by atoms with Crippen LogP contribution >= 0.6 is 0 Å². The summed E-state index contributed by atoms with van der Waals surface area (Å²) in [6.45, 7) is 7.60. The van der Waals surface area contributed by atoms with Gasteiger partial charge in [-0.1, -0.05) is 67.6 Å². The molecule has 0 spiro atoms. The van der Waals surface area contributed by atoms with Crippen LogP contribution in [-0.4, -0.2) is 37.2 Å². The van der Waals surface area contributed by atoms with Gasteiger partial charge < -0.3 is 14.2 Å². The molecule has 168 valence electrons. The van der Waals surface area contributed by atoms with Gasteiger partial charge in [-0.25, -0.2) is 4.99 Å². The van der Waals surface area contributed by atoms with Crippen LogP contribution in [0, 0.1) is 5.41 Å². The number of hydrogen-bond donors (Lipinski definition) is 0. The first kappa shape index (κ1) is 22.1. The van der Waals surface area contributed by atoms with Crippen molar-refractivity contribution in [3.8, 4) is 0 Å². The first-order chi connectivity index (χ1) is 15.4. The Balaban J connectivity index is 2.03. The Morgan fingerprint density at radius 1 is 0.969 bits per heavy atom. The number of nitrogens with zero attached hydrogens (tertiary/aromatic N) is 1. The Morgan fingerprint density at radius 3 is 2.09 bits per heavy atom. The molecule has 6 nitrogen and oxygen atoms in total. The second kappa shape index (κ2) is 8.08. The van der Waals surface area contributed by atoms with Crippen LogP contribution in [-0.2, 0) is 34.8 Å². The molecule has 2 aromatic rings. The molecule has 1 heterocycles. The van der Waals surface area contributed by atoms with Gasteiger partial charge in [-0.3, -0.25) is 9.59 Å². The van der Waals surface area contributed by atoms with Gasteiger partial charge in [0.05, 0.1) is 13.2 Å². The number of esters is 2.